The van der Waals surface area contributed by atoms with Crippen LogP contribution in [-0.4, -0.2) is 36.6 Å². The number of likely N-dealkylation sites (tertiary alicyclic amines) is 1. The lowest BCUT2D eigenvalue weighted by Crippen LogP contribution is -2.46. The van der Waals surface area contributed by atoms with Crippen molar-refractivity contribution in [2.45, 2.75) is 71.4 Å². The summed E-state index contributed by atoms with van der Waals surface area (Å²) in [5.41, 5.74) is 0. The average Bonchev–Trinajstić information content (AvgIpc) is 2.49. The fourth-order valence-electron chi connectivity index (χ4n) is 2.87. The fourth-order valence-corrected chi connectivity index (χ4v) is 2.87. The molecule has 1 heterocycles. The molecular formula is C14H30N2. The Hall–Kier alpha value is -0.0800. The van der Waals surface area contributed by atoms with Gasteiger partial charge in [-0.25, -0.2) is 0 Å². The molecule has 1 N–H and O–H groups in total. The highest BCUT2D eigenvalue weighted by Gasteiger charge is 2.23. The molecule has 96 valence electrons. The van der Waals surface area contributed by atoms with Crippen LogP contribution in [0.4, 0.5) is 0 Å². The third kappa shape index (κ3) is 4.42. The van der Waals surface area contributed by atoms with E-state index in [4.69, 9.17) is 0 Å². The Kier molecular flexibility index (Phi) is 7.06. The molecule has 0 bridgehead atoms. The van der Waals surface area contributed by atoms with E-state index in [-0.39, 0.29) is 0 Å². The van der Waals surface area contributed by atoms with Crippen molar-refractivity contribution >= 4 is 0 Å². The first-order valence-electron chi connectivity index (χ1n) is 7.26. The quantitative estimate of drug-likeness (QED) is 0.749. The van der Waals surface area contributed by atoms with E-state index in [1.54, 1.807) is 0 Å². The molecule has 0 amide bonds. The molecule has 0 aromatic carbocycles. The van der Waals surface area contributed by atoms with E-state index in [0.29, 0.717) is 0 Å². The Labute approximate surface area is 102 Å². The van der Waals surface area contributed by atoms with Gasteiger partial charge in [0.25, 0.3) is 0 Å². The maximum absolute atomic E-state index is 3.53. The Morgan fingerprint density at radius 3 is 2.75 bits per heavy atom. The Morgan fingerprint density at radius 1 is 1.25 bits per heavy atom. The summed E-state index contributed by atoms with van der Waals surface area (Å²) in [6.45, 7) is 10.5. The summed E-state index contributed by atoms with van der Waals surface area (Å²) in [5, 5.41) is 3.53. The van der Waals surface area contributed by atoms with Crippen LogP contribution in [0.5, 0.6) is 0 Å². The van der Waals surface area contributed by atoms with Crippen molar-refractivity contribution in [2.75, 3.05) is 19.6 Å². The predicted octanol–water partition coefficient (Wildman–Crippen LogP) is 3.03. The maximum Gasteiger partial charge on any atom is 0.0223 e. The van der Waals surface area contributed by atoms with Gasteiger partial charge in [-0.2, -0.15) is 0 Å². The van der Waals surface area contributed by atoms with E-state index in [0.717, 1.165) is 18.6 Å². The summed E-state index contributed by atoms with van der Waals surface area (Å²) in [6.07, 6.45) is 8.30. The van der Waals surface area contributed by atoms with Crippen molar-refractivity contribution in [3.05, 3.63) is 0 Å². The molecule has 0 aliphatic carbocycles. The van der Waals surface area contributed by atoms with Crippen molar-refractivity contribution in [3.63, 3.8) is 0 Å². The molecule has 2 nitrogen and oxygen atoms in total. The van der Waals surface area contributed by atoms with E-state index in [2.05, 4.69) is 31.0 Å². The molecule has 2 unspecified atom stereocenters. The first-order valence-corrected chi connectivity index (χ1v) is 7.26. The van der Waals surface area contributed by atoms with Crippen molar-refractivity contribution < 1.29 is 0 Å². The van der Waals surface area contributed by atoms with Gasteiger partial charge in [0.05, 0.1) is 0 Å². The van der Waals surface area contributed by atoms with Gasteiger partial charge >= 0.3 is 0 Å². The minimum absolute atomic E-state index is 0.762. The van der Waals surface area contributed by atoms with Crippen LogP contribution in [0.2, 0.25) is 0 Å². The first kappa shape index (κ1) is 14.0. The van der Waals surface area contributed by atoms with Gasteiger partial charge in [-0.3, -0.25) is 4.90 Å². The monoisotopic (exact) mass is 226 g/mol. The van der Waals surface area contributed by atoms with E-state index in [9.17, 15) is 0 Å². The molecule has 1 saturated heterocycles. The van der Waals surface area contributed by atoms with Gasteiger partial charge in [0.15, 0.2) is 0 Å². The van der Waals surface area contributed by atoms with E-state index >= 15 is 0 Å². The number of hydrogen-bond acceptors (Lipinski definition) is 2. The van der Waals surface area contributed by atoms with Gasteiger partial charge in [-0.15, -0.1) is 0 Å². The minimum Gasteiger partial charge on any atom is -0.315 e. The standard InChI is InChI=1S/C14H30N2/c1-4-9-14(12-15-5-2)16-11-8-6-7-10-13(16)3/h13-15H,4-12H2,1-3H3. The lowest BCUT2D eigenvalue weighted by Gasteiger charge is -2.35. The zero-order valence-electron chi connectivity index (χ0n) is 11.5. The molecule has 1 fully saturated rings. The normalized spacial score (nSPS) is 25.3. The van der Waals surface area contributed by atoms with Crippen molar-refractivity contribution in [1.82, 2.24) is 10.2 Å². The molecule has 16 heavy (non-hydrogen) atoms. The molecule has 0 spiro atoms. The van der Waals surface area contributed by atoms with Crippen molar-refractivity contribution in [2.24, 2.45) is 0 Å². The smallest absolute Gasteiger partial charge is 0.0223 e. The highest BCUT2D eigenvalue weighted by Crippen LogP contribution is 2.20. The largest absolute Gasteiger partial charge is 0.315 e. The summed E-state index contributed by atoms with van der Waals surface area (Å²) in [5.74, 6) is 0. The minimum atomic E-state index is 0.762. The van der Waals surface area contributed by atoms with Crippen LogP contribution >= 0.6 is 0 Å². The van der Waals surface area contributed by atoms with Gasteiger partial charge < -0.3 is 5.32 Å². The van der Waals surface area contributed by atoms with Crippen LogP contribution in [0.1, 0.15) is 59.3 Å². The molecule has 2 heteroatoms. The summed E-state index contributed by atoms with van der Waals surface area (Å²) in [6, 6.07) is 1.55. The lowest BCUT2D eigenvalue weighted by molar-refractivity contribution is 0.136. The number of nitrogens with zero attached hydrogens (tertiary/aromatic N) is 1. The molecular weight excluding hydrogens is 196 g/mol. The summed E-state index contributed by atoms with van der Waals surface area (Å²) in [4.78, 5) is 2.76. The van der Waals surface area contributed by atoms with Crippen LogP contribution in [0.3, 0.4) is 0 Å². The highest BCUT2D eigenvalue weighted by molar-refractivity contribution is 4.80. The van der Waals surface area contributed by atoms with E-state index in [1.165, 1.54) is 51.6 Å². The average molecular weight is 226 g/mol. The Bertz CT molecular complexity index is 170. The van der Waals surface area contributed by atoms with Gasteiger partial charge in [-0.05, 0) is 39.3 Å². The topological polar surface area (TPSA) is 15.3 Å². The summed E-state index contributed by atoms with van der Waals surface area (Å²) < 4.78 is 0. The second-order valence-corrected chi connectivity index (χ2v) is 5.19. The lowest BCUT2D eigenvalue weighted by atomic mass is 10.1. The third-order valence-electron chi connectivity index (χ3n) is 3.83. The number of hydrogen-bond donors (Lipinski definition) is 1. The van der Waals surface area contributed by atoms with E-state index in [1.807, 2.05) is 0 Å². The van der Waals surface area contributed by atoms with Crippen LogP contribution in [0, 0.1) is 0 Å². The maximum atomic E-state index is 3.53. The first-order chi connectivity index (χ1) is 7.79. The van der Waals surface area contributed by atoms with E-state index < -0.39 is 0 Å². The molecule has 2 atom stereocenters. The Balaban J connectivity index is 2.51. The van der Waals surface area contributed by atoms with Gasteiger partial charge in [0.1, 0.15) is 0 Å². The molecule has 0 saturated carbocycles. The third-order valence-corrected chi connectivity index (χ3v) is 3.83. The highest BCUT2D eigenvalue weighted by atomic mass is 15.2. The predicted molar refractivity (Wildman–Crippen MR) is 71.9 cm³/mol. The SMILES string of the molecule is CCCC(CNCC)N1CCCCCC1C. The van der Waals surface area contributed by atoms with Crippen molar-refractivity contribution in [3.8, 4) is 0 Å². The molecule has 0 aromatic heterocycles. The number of nitrogens with one attached hydrogen (secondary N) is 1. The van der Waals surface area contributed by atoms with Crippen LogP contribution in [0.15, 0.2) is 0 Å². The van der Waals surface area contributed by atoms with Gasteiger partial charge in [0, 0.05) is 18.6 Å². The summed E-state index contributed by atoms with van der Waals surface area (Å²) >= 11 is 0. The zero-order chi connectivity index (χ0) is 11.8. The second kappa shape index (κ2) is 8.08. The molecule has 0 aromatic rings. The fraction of sp³-hybridized carbons (Fsp3) is 1.00. The summed E-state index contributed by atoms with van der Waals surface area (Å²) in [7, 11) is 0. The van der Waals surface area contributed by atoms with Crippen molar-refractivity contribution in [1.29, 1.82) is 0 Å². The molecule has 0 radical (unpaired) electrons. The zero-order valence-corrected chi connectivity index (χ0v) is 11.5. The van der Waals surface area contributed by atoms with Crippen LogP contribution in [0.25, 0.3) is 0 Å². The van der Waals surface area contributed by atoms with Gasteiger partial charge in [0.2, 0.25) is 0 Å². The molecule has 1 aliphatic heterocycles. The number of rotatable bonds is 6. The number of likely N-dealkylation sites (N-methyl/N-ethyl adjacent to an activating group) is 1. The van der Waals surface area contributed by atoms with Gasteiger partial charge in [-0.1, -0.05) is 33.1 Å². The van der Waals surface area contributed by atoms with Crippen LogP contribution < -0.4 is 5.32 Å². The van der Waals surface area contributed by atoms with Crippen LogP contribution in [-0.2, 0) is 0 Å². The molecule has 1 rings (SSSR count). The molecule has 1 aliphatic rings. The second-order valence-electron chi connectivity index (χ2n) is 5.19. The Morgan fingerprint density at radius 2 is 2.06 bits per heavy atom.